The molecular weight excluding hydrogens is 805 g/mol. The summed E-state index contributed by atoms with van der Waals surface area (Å²) in [6, 6.07) is 0. The summed E-state index contributed by atoms with van der Waals surface area (Å²) in [6.07, 6.45) is 68.6. The predicted molar refractivity (Wildman–Crippen MR) is 279 cm³/mol. The Morgan fingerprint density at radius 1 is 0.308 bits per heavy atom. The fourth-order valence-corrected chi connectivity index (χ4v) is 7.22. The summed E-state index contributed by atoms with van der Waals surface area (Å²) in [6.45, 7) is 6.51. The maximum Gasteiger partial charge on any atom is 0.306 e. The quantitative estimate of drug-likeness (QED) is 0.0262. The van der Waals surface area contributed by atoms with E-state index in [0.717, 1.165) is 70.6 Å². The summed E-state index contributed by atoms with van der Waals surface area (Å²) < 4.78 is 16.7. The highest BCUT2D eigenvalue weighted by atomic mass is 16.6. The van der Waals surface area contributed by atoms with Crippen molar-refractivity contribution >= 4 is 17.9 Å². The van der Waals surface area contributed by atoms with Crippen LogP contribution in [0.2, 0.25) is 0 Å². The van der Waals surface area contributed by atoms with Crippen molar-refractivity contribution in [2.45, 2.75) is 258 Å². The molecule has 0 heterocycles. The smallest absolute Gasteiger partial charge is 0.306 e. The summed E-state index contributed by atoms with van der Waals surface area (Å²) in [5.74, 6) is -1.01. The van der Waals surface area contributed by atoms with Gasteiger partial charge in [0, 0.05) is 19.3 Å². The van der Waals surface area contributed by atoms with Crippen LogP contribution in [0.4, 0.5) is 0 Å². The van der Waals surface area contributed by atoms with Crippen LogP contribution in [0.15, 0.2) is 85.1 Å². The fraction of sp³-hybridized carbons (Fsp3) is 0.712. The molecule has 6 nitrogen and oxygen atoms in total. The molecule has 0 rings (SSSR count). The first kappa shape index (κ1) is 61.6. The third-order valence-electron chi connectivity index (χ3n) is 11.3. The number of carbonyl (C=O) groups is 3. The van der Waals surface area contributed by atoms with E-state index in [9.17, 15) is 14.4 Å². The fourth-order valence-electron chi connectivity index (χ4n) is 7.22. The molecule has 0 aliphatic carbocycles. The number of rotatable bonds is 48. The molecule has 0 aromatic carbocycles. The Balaban J connectivity index is 4.53. The average Bonchev–Trinajstić information content (AvgIpc) is 3.30. The molecule has 0 radical (unpaired) electrons. The number of hydrogen-bond acceptors (Lipinski definition) is 6. The summed E-state index contributed by atoms with van der Waals surface area (Å²) in [5, 5.41) is 0. The molecule has 0 unspecified atom stereocenters. The zero-order valence-electron chi connectivity index (χ0n) is 42.5. The van der Waals surface area contributed by atoms with Crippen molar-refractivity contribution in [1.29, 1.82) is 0 Å². The molecule has 0 spiro atoms. The molecule has 0 saturated heterocycles. The number of allylic oxidation sites excluding steroid dienone is 14. The average molecular weight is 905 g/mol. The summed E-state index contributed by atoms with van der Waals surface area (Å²) in [7, 11) is 0. The monoisotopic (exact) mass is 905 g/mol. The van der Waals surface area contributed by atoms with Gasteiger partial charge in [0.25, 0.3) is 0 Å². The van der Waals surface area contributed by atoms with Crippen molar-refractivity contribution in [3.8, 4) is 0 Å². The molecular formula is C59H100O6. The van der Waals surface area contributed by atoms with Crippen LogP contribution in [0.25, 0.3) is 0 Å². The highest BCUT2D eigenvalue weighted by molar-refractivity contribution is 5.71. The van der Waals surface area contributed by atoms with Crippen molar-refractivity contribution in [2.24, 2.45) is 0 Å². The Bertz CT molecular complexity index is 1270. The summed E-state index contributed by atoms with van der Waals surface area (Å²) in [5.41, 5.74) is 0. The van der Waals surface area contributed by atoms with Crippen LogP contribution in [-0.2, 0) is 28.6 Å². The lowest BCUT2D eigenvalue weighted by molar-refractivity contribution is -0.167. The number of unbranched alkanes of at least 4 members (excludes halogenated alkanes) is 23. The highest BCUT2D eigenvalue weighted by Gasteiger charge is 2.19. The van der Waals surface area contributed by atoms with Crippen LogP contribution < -0.4 is 0 Å². The lowest BCUT2D eigenvalue weighted by atomic mass is 10.1. The molecule has 0 amide bonds. The minimum absolute atomic E-state index is 0.114. The number of hydrogen-bond donors (Lipinski definition) is 0. The SMILES string of the molecule is CCCCC/C=C\C/C=C\C/C=C\CCCCC(=O)OC[C@H](COC(=O)CCC/C=C\C/C=C\C/C=C\CCCCCCCC)OC(=O)CCCCCCCCC/C=C\CCCCCC. The van der Waals surface area contributed by atoms with Crippen LogP contribution in [0, 0.1) is 0 Å². The standard InChI is InChI=1S/C59H100O6/c1-4-7-10-13-16-19-22-25-28-29-32-34-37-40-43-46-49-52-58(61)64-55-56(65-59(62)53-50-47-44-41-38-35-31-27-24-21-18-15-12-9-6-3)54-63-57(60)51-48-45-42-39-36-33-30-26-23-20-17-14-11-8-5-2/h17,20-21,24-26,28,30,32,34,36,39-40,43,56H,4-16,18-19,22-23,27,29,31,33,35,37-38,41-42,44-55H2,1-3H3/b20-17-,24-21-,28-25-,30-26-,34-32-,39-36-,43-40-/t56-/m1/s1. The third kappa shape index (κ3) is 51.4. The number of ether oxygens (including phenoxy) is 3. The van der Waals surface area contributed by atoms with Crippen molar-refractivity contribution < 1.29 is 28.6 Å². The van der Waals surface area contributed by atoms with Gasteiger partial charge in [0.15, 0.2) is 6.10 Å². The van der Waals surface area contributed by atoms with E-state index in [-0.39, 0.29) is 37.5 Å². The zero-order valence-corrected chi connectivity index (χ0v) is 42.5. The maximum atomic E-state index is 12.8. The first-order valence-electron chi connectivity index (χ1n) is 27.1. The van der Waals surface area contributed by atoms with Crippen LogP contribution >= 0.6 is 0 Å². The first-order valence-corrected chi connectivity index (χ1v) is 27.1. The van der Waals surface area contributed by atoms with Crippen LogP contribution in [0.1, 0.15) is 252 Å². The molecule has 0 saturated carbocycles. The highest BCUT2D eigenvalue weighted by Crippen LogP contribution is 2.13. The predicted octanol–water partition coefficient (Wildman–Crippen LogP) is 18.0. The van der Waals surface area contributed by atoms with Gasteiger partial charge < -0.3 is 14.2 Å². The number of esters is 3. The Labute approximate surface area is 401 Å². The van der Waals surface area contributed by atoms with Gasteiger partial charge in [-0.2, -0.15) is 0 Å². The molecule has 0 aromatic heterocycles. The van der Waals surface area contributed by atoms with Crippen LogP contribution in [-0.4, -0.2) is 37.2 Å². The lowest BCUT2D eigenvalue weighted by Gasteiger charge is -2.18. The first-order chi connectivity index (χ1) is 32.0. The van der Waals surface area contributed by atoms with Gasteiger partial charge >= 0.3 is 17.9 Å². The third-order valence-corrected chi connectivity index (χ3v) is 11.3. The van der Waals surface area contributed by atoms with Crippen molar-refractivity contribution in [2.75, 3.05) is 13.2 Å². The number of carbonyl (C=O) groups excluding carboxylic acids is 3. The largest absolute Gasteiger partial charge is 0.462 e. The Morgan fingerprint density at radius 2 is 0.569 bits per heavy atom. The van der Waals surface area contributed by atoms with Gasteiger partial charge in [-0.15, -0.1) is 0 Å². The molecule has 6 heteroatoms. The van der Waals surface area contributed by atoms with E-state index in [0.29, 0.717) is 19.3 Å². The van der Waals surface area contributed by atoms with E-state index in [2.05, 4.69) is 106 Å². The van der Waals surface area contributed by atoms with Gasteiger partial charge in [0.05, 0.1) is 0 Å². The molecule has 0 N–H and O–H groups in total. The van der Waals surface area contributed by atoms with E-state index < -0.39 is 6.10 Å². The molecule has 0 fully saturated rings. The van der Waals surface area contributed by atoms with E-state index in [1.54, 1.807) is 0 Å². The van der Waals surface area contributed by atoms with E-state index in [1.165, 1.54) is 135 Å². The van der Waals surface area contributed by atoms with Gasteiger partial charge in [0.1, 0.15) is 13.2 Å². The van der Waals surface area contributed by atoms with Gasteiger partial charge in [0.2, 0.25) is 0 Å². The Kier molecular flexibility index (Phi) is 50.4. The molecule has 0 bridgehead atoms. The van der Waals surface area contributed by atoms with Gasteiger partial charge in [-0.25, -0.2) is 0 Å². The summed E-state index contributed by atoms with van der Waals surface area (Å²) in [4.78, 5) is 38.0. The molecule has 1 atom stereocenters. The van der Waals surface area contributed by atoms with Gasteiger partial charge in [-0.3, -0.25) is 14.4 Å². The van der Waals surface area contributed by atoms with Crippen molar-refractivity contribution in [3.63, 3.8) is 0 Å². The minimum atomic E-state index is -0.814. The van der Waals surface area contributed by atoms with E-state index in [1.807, 2.05) is 0 Å². The Hall–Kier alpha value is -3.41. The Morgan fingerprint density at radius 3 is 1.02 bits per heavy atom. The molecule has 0 aromatic rings. The van der Waals surface area contributed by atoms with Crippen LogP contribution in [0.3, 0.4) is 0 Å². The molecule has 372 valence electrons. The normalized spacial score (nSPS) is 12.7. The van der Waals surface area contributed by atoms with Gasteiger partial charge in [-0.1, -0.05) is 202 Å². The topological polar surface area (TPSA) is 78.9 Å². The summed E-state index contributed by atoms with van der Waals surface area (Å²) >= 11 is 0. The van der Waals surface area contributed by atoms with Crippen molar-refractivity contribution in [3.05, 3.63) is 85.1 Å². The van der Waals surface area contributed by atoms with Gasteiger partial charge in [-0.05, 0) is 116 Å². The van der Waals surface area contributed by atoms with Crippen molar-refractivity contribution in [1.82, 2.24) is 0 Å². The minimum Gasteiger partial charge on any atom is -0.462 e. The molecule has 65 heavy (non-hydrogen) atoms. The lowest BCUT2D eigenvalue weighted by Crippen LogP contribution is -2.30. The second-order valence-corrected chi connectivity index (χ2v) is 17.8. The maximum absolute atomic E-state index is 12.8. The van der Waals surface area contributed by atoms with E-state index in [4.69, 9.17) is 14.2 Å². The zero-order chi connectivity index (χ0) is 47.2. The van der Waals surface area contributed by atoms with Crippen LogP contribution in [0.5, 0.6) is 0 Å². The second kappa shape index (κ2) is 53.2. The second-order valence-electron chi connectivity index (χ2n) is 17.8. The molecule has 0 aliphatic heterocycles. The molecule has 0 aliphatic rings. The van der Waals surface area contributed by atoms with E-state index >= 15 is 0 Å².